The van der Waals surface area contributed by atoms with Gasteiger partial charge < -0.3 is 9.64 Å². The maximum atomic E-state index is 14.4. The Morgan fingerprint density at radius 2 is 1.52 bits per heavy atom. The van der Waals surface area contributed by atoms with Gasteiger partial charge >= 0.3 is 0 Å². The zero-order valence-electron chi connectivity index (χ0n) is 19.4. The first-order valence-corrected chi connectivity index (χ1v) is 11.4. The molecule has 0 radical (unpaired) electrons. The van der Waals surface area contributed by atoms with Crippen molar-refractivity contribution in [2.24, 2.45) is 5.41 Å². The third kappa shape index (κ3) is 10.7. The molecule has 1 aromatic carbocycles. The van der Waals surface area contributed by atoms with Crippen LogP contribution in [0.3, 0.4) is 0 Å². The van der Waals surface area contributed by atoms with E-state index in [2.05, 4.69) is 27.7 Å². The SMILES string of the molecule is CCCCCCCCCCCCN(CC(C)(C)C)C(=O)c1ccc(OC)cc1F. The van der Waals surface area contributed by atoms with Gasteiger partial charge in [-0.3, -0.25) is 4.79 Å². The van der Waals surface area contributed by atoms with Crippen LogP contribution in [0.2, 0.25) is 0 Å². The van der Waals surface area contributed by atoms with Gasteiger partial charge in [0.2, 0.25) is 0 Å². The van der Waals surface area contributed by atoms with E-state index in [0.717, 1.165) is 12.8 Å². The lowest BCUT2D eigenvalue weighted by atomic mass is 9.95. The Bertz CT molecular complexity index is 595. The fourth-order valence-electron chi connectivity index (χ4n) is 3.58. The van der Waals surface area contributed by atoms with Gasteiger partial charge in [-0.1, -0.05) is 85.5 Å². The maximum Gasteiger partial charge on any atom is 0.256 e. The summed E-state index contributed by atoms with van der Waals surface area (Å²) >= 11 is 0. The van der Waals surface area contributed by atoms with Crippen molar-refractivity contribution in [1.29, 1.82) is 0 Å². The minimum atomic E-state index is -0.517. The molecule has 0 fully saturated rings. The van der Waals surface area contributed by atoms with Crippen molar-refractivity contribution in [2.75, 3.05) is 20.2 Å². The summed E-state index contributed by atoms with van der Waals surface area (Å²) in [6, 6.07) is 4.46. The predicted octanol–water partition coefficient (Wildman–Crippen LogP) is 7.24. The number of halogens is 1. The molecule has 0 aromatic heterocycles. The third-order valence-corrected chi connectivity index (χ3v) is 5.14. The Balaban J connectivity index is 2.49. The highest BCUT2D eigenvalue weighted by Gasteiger charge is 2.24. The molecule has 0 saturated carbocycles. The zero-order chi connectivity index (χ0) is 21.7. The number of unbranched alkanes of at least 4 members (excludes halogenated alkanes) is 9. The number of amides is 1. The van der Waals surface area contributed by atoms with Gasteiger partial charge in [0.25, 0.3) is 5.91 Å². The first-order valence-electron chi connectivity index (χ1n) is 11.4. The minimum Gasteiger partial charge on any atom is -0.497 e. The van der Waals surface area contributed by atoms with Crippen LogP contribution in [0.4, 0.5) is 4.39 Å². The second kappa shape index (κ2) is 13.6. The van der Waals surface area contributed by atoms with E-state index < -0.39 is 5.82 Å². The zero-order valence-corrected chi connectivity index (χ0v) is 19.4. The molecule has 0 aliphatic heterocycles. The molecule has 0 heterocycles. The van der Waals surface area contributed by atoms with Crippen LogP contribution in [0.5, 0.6) is 5.75 Å². The van der Waals surface area contributed by atoms with Crippen LogP contribution in [0.1, 0.15) is 102 Å². The smallest absolute Gasteiger partial charge is 0.256 e. The van der Waals surface area contributed by atoms with Gasteiger partial charge in [0.05, 0.1) is 12.7 Å². The van der Waals surface area contributed by atoms with Crippen molar-refractivity contribution < 1.29 is 13.9 Å². The summed E-state index contributed by atoms with van der Waals surface area (Å²) in [5, 5.41) is 0. The van der Waals surface area contributed by atoms with E-state index in [1.165, 1.54) is 70.6 Å². The average Bonchev–Trinajstić information content (AvgIpc) is 2.67. The molecule has 0 aliphatic carbocycles. The molecule has 0 atom stereocenters. The van der Waals surface area contributed by atoms with E-state index >= 15 is 0 Å². The van der Waals surface area contributed by atoms with Crippen molar-refractivity contribution in [3.05, 3.63) is 29.6 Å². The van der Waals surface area contributed by atoms with Gasteiger partial charge in [-0.25, -0.2) is 4.39 Å². The summed E-state index contributed by atoms with van der Waals surface area (Å²) in [5.41, 5.74) is 0.0963. The number of hydrogen-bond donors (Lipinski definition) is 0. The average molecular weight is 408 g/mol. The quantitative estimate of drug-likeness (QED) is 0.304. The van der Waals surface area contributed by atoms with Crippen molar-refractivity contribution >= 4 is 5.91 Å². The molecule has 1 amide bonds. The summed E-state index contributed by atoms with van der Waals surface area (Å²) in [6.07, 6.45) is 12.6. The minimum absolute atomic E-state index is 0.0307. The van der Waals surface area contributed by atoms with Crippen LogP contribution in [0.25, 0.3) is 0 Å². The number of hydrogen-bond acceptors (Lipinski definition) is 2. The van der Waals surface area contributed by atoms with E-state index in [4.69, 9.17) is 4.74 Å². The van der Waals surface area contributed by atoms with E-state index in [1.54, 1.807) is 6.07 Å². The largest absolute Gasteiger partial charge is 0.497 e. The van der Waals surface area contributed by atoms with Gasteiger partial charge in [-0.05, 0) is 24.0 Å². The van der Waals surface area contributed by atoms with E-state index in [0.29, 0.717) is 18.8 Å². The highest BCUT2D eigenvalue weighted by Crippen LogP contribution is 2.22. The van der Waals surface area contributed by atoms with Crippen LogP contribution in [-0.2, 0) is 0 Å². The summed E-state index contributed by atoms with van der Waals surface area (Å²) in [4.78, 5) is 14.8. The molecule has 1 rings (SSSR count). The fourth-order valence-corrected chi connectivity index (χ4v) is 3.58. The van der Waals surface area contributed by atoms with E-state index in [9.17, 15) is 9.18 Å². The molecular formula is C25H42FNO2. The Morgan fingerprint density at radius 3 is 2.00 bits per heavy atom. The van der Waals surface area contributed by atoms with Crippen molar-refractivity contribution in [3.8, 4) is 5.75 Å². The van der Waals surface area contributed by atoms with Gasteiger partial charge in [-0.2, -0.15) is 0 Å². The molecule has 0 saturated heterocycles. The Kier molecular flexibility index (Phi) is 11.9. The van der Waals surface area contributed by atoms with Crippen molar-refractivity contribution in [3.63, 3.8) is 0 Å². The number of carbonyl (C=O) groups excluding carboxylic acids is 1. The predicted molar refractivity (Wildman–Crippen MR) is 120 cm³/mol. The standard InChI is InChI=1S/C25H42FNO2/c1-6-7-8-9-10-11-12-13-14-15-18-27(20-25(2,3)4)24(28)22-17-16-21(29-5)19-23(22)26/h16-17,19H,6-15,18,20H2,1-5H3. The molecule has 4 heteroatoms. The second-order valence-electron chi connectivity index (χ2n) is 9.32. The molecule has 0 bridgehead atoms. The van der Waals surface area contributed by atoms with Gasteiger partial charge in [0.15, 0.2) is 0 Å². The number of ether oxygens (including phenoxy) is 1. The maximum absolute atomic E-state index is 14.4. The van der Waals surface area contributed by atoms with Crippen LogP contribution in [-0.4, -0.2) is 31.0 Å². The van der Waals surface area contributed by atoms with Gasteiger partial charge in [0, 0.05) is 19.2 Å². The molecular weight excluding hydrogens is 365 g/mol. The van der Waals surface area contributed by atoms with E-state index in [-0.39, 0.29) is 16.9 Å². The lowest BCUT2D eigenvalue weighted by molar-refractivity contribution is 0.0687. The number of nitrogens with zero attached hydrogens (tertiary/aromatic N) is 1. The number of methoxy groups -OCH3 is 1. The van der Waals surface area contributed by atoms with Crippen LogP contribution in [0.15, 0.2) is 18.2 Å². The summed E-state index contributed by atoms with van der Waals surface area (Å²) < 4.78 is 19.4. The first-order chi connectivity index (χ1) is 13.8. The fraction of sp³-hybridized carbons (Fsp3) is 0.720. The number of carbonyl (C=O) groups is 1. The molecule has 166 valence electrons. The van der Waals surface area contributed by atoms with Crippen molar-refractivity contribution in [2.45, 2.75) is 91.9 Å². The topological polar surface area (TPSA) is 29.5 Å². The van der Waals surface area contributed by atoms with Gasteiger partial charge in [0.1, 0.15) is 11.6 Å². The highest BCUT2D eigenvalue weighted by atomic mass is 19.1. The molecule has 0 N–H and O–H groups in total. The van der Waals surface area contributed by atoms with E-state index in [1.807, 2.05) is 4.90 Å². The molecule has 3 nitrogen and oxygen atoms in total. The Labute approximate surface area is 178 Å². The normalized spacial score (nSPS) is 11.5. The molecule has 0 unspecified atom stereocenters. The Morgan fingerprint density at radius 1 is 0.966 bits per heavy atom. The van der Waals surface area contributed by atoms with Crippen molar-refractivity contribution in [1.82, 2.24) is 4.90 Å². The highest BCUT2D eigenvalue weighted by molar-refractivity contribution is 5.94. The summed E-state index contributed by atoms with van der Waals surface area (Å²) in [6.45, 7) is 9.87. The third-order valence-electron chi connectivity index (χ3n) is 5.14. The lowest BCUT2D eigenvalue weighted by Gasteiger charge is -2.30. The van der Waals surface area contributed by atoms with Crippen LogP contribution < -0.4 is 4.74 Å². The summed E-state index contributed by atoms with van der Waals surface area (Å²) in [5.74, 6) is -0.316. The molecule has 0 aliphatic rings. The van der Waals surface area contributed by atoms with Crippen LogP contribution >= 0.6 is 0 Å². The number of benzene rings is 1. The molecule has 1 aromatic rings. The second-order valence-corrected chi connectivity index (χ2v) is 9.32. The van der Waals surface area contributed by atoms with Gasteiger partial charge in [-0.15, -0.1) is 0 Å². The molecule has 29 heavy (non-hydrogen) atoms. The lowest BCUT2D eigenvalue weighted by Crippen LogP contribution is -2.38. The summed E-state index contributed by atoms with van der Waals surface area (Å²) in [7, 11) is 1.49. The number of rotatable bonds is 14. The monoisotopic (exact) mass is 407 g/mol. The molecule has 0 spiro atoms. The first kappa shape index (κ1) is 25.5. The van der Waals surface area contributed by atoms with Crippen LogP contribution in [0, 0.1) is 11.2 Å². The Hall–Kier alpha value is -1.58.